The van der Waals surface area contributed by atoms with Gasteiger partial charge in [-0.3, -0.25) is 9.69 Å². The van der Waals surface area contributed by atoms with Crippen LogP contribution in [0.2, 0.25) is 0 Å². The summed E-state index contributed by atoms with van der Waals surface area (Å²) in [6.07, 6.45) is 3.70. The number of likely N-dealkylation sites (tertiary alicyclic amines) is 1. The number of rotatable bonds is 5. The lowest BCUT2D eigenvalue weighted by Gasteiger charge is -2.31. The number of ether oxygens (including phenoxy) is 1. The Labute approximate surface area is 142 Å². The fourth-order valence-corrected chi connectivity index (χ4v) is 3.29. The van der Waals surface area contributed by atoms with Crippen LogP contribution in [0.3, 0.4) is 0 Å². The number of nitrogens with zero attached hydrogens (tertiary/aromatic N) is 2. The summed E-state index contributed by atoms with van der Waals surface area (Å²) in [5.41, 5.74) is 3.29. The highest BCUT2D eigenvalue weighted by atomic mass is 16.5. The molecule has 0 aliphatic carbocycles. The average molecular weight is 328 g/mol. The van der Waals surface area contributed by atoms with Gasteiger partial charge in [0.05, 0.1) is 18.7 Å². The van der Waals surface area contributed by atoms with Crippen molar-refractivity contribution in [3.63, 3.8) is 0 Å². The predicted molar refractivity (Wildman–Crippen MR) is 91.3 cm³/mol. The van der Waals surface area contributed by atoms with Crippen molar-refractivity contribution in [1.29, 1.82) is 0 Å². The minimum Gasteiger partial charge on any atom is -0.466 e. The molecule has 1 aliphatic rings. The molecule has 0 bridgehead atoms. The zero-order chi connectivity index (χ0) is 16.9. The molecule has 0 saturated carbocycles. The van der Waals surface area contributed by atoms with Crippen LogP contribution >= 0.6 is 0 Å². The minimum absolute atomic E-state index is 0.0269. The second kappa shape index (κ2) is 7.62. The Kier molecular flexibility index (Phi) is 5.30. The maximum absolute atomic E-state index is 12.0. The molecule has 128 valence electrons. The first kappa shape index (κ1) is 16.7. The van der Waals surface area contributed by atoms with E-state index in [0.717, 1.165) is 49.4 Å². The Morgan fingerprint density at radius 1 is 1.46 bits per heavy atom. The van der Waals surface area contributed by atoms with Gasteiger partial charge < -0.3 is 9.26 Å². The third kappa shape index (κ3) is 3.85. The van der Waals surface area contributed by atoms with Crippen molar-refractivity contribution in [1.82, 2.24) is 10.1 Å². The zero-order valence-electron chi connectivity index (χ0n) is 14.3. The zero-order valence-corrected chi connectivity index (χ0v) is 14.3. The maximum atomic E-state index is 12.0. The molecule has 5 heteroatoms. The second-order valence-corrected chi connectivity index (χ2v) is 6.38. The van der Waals surface area contributed by atoms with Crippen molar-refractivity contribution in [3.8, 4) is 11.3 Å². The van der Waals surface area contributed by atoms with Crippen molar-refractivity contribution in [2.75, 3.05) is 19.7 Å². The van der Waals surface area contributed by atoms with E-state index in [-0.39, 0.29) is 11.9 Å². The number of aromatic nitrogens is 1. The number of esters is 1. The third-order valence-corrected chi connectivity index (χ3v) is 4.44. The topological polar surface area (TPSA) is 55.6 Å². The lowest BCUT2D eigenvalue weighted by Crippen LogP contribution is -2.38. The quantitative estimate of drug-likeness (QED) is 0.787. The number of carbonyl (C=O) groups is 1. The standard InChI is InChI=1S/C19H24N2O3/c1-3-23-19(22)16-8-5-9-21(12-16)13-17-11-20-24-18(17)15-7-4-6-14(2)10-15/h4,6-7,10-11,16H,3,5,8-9,12-13H2,1-2H3/t16-/m1/s1. The molecule has 5 nitrogen and oxygen atoms in total. The third-order valence-electron chi connectivity index (χ3n) is 4.44. The monoisotopic (exact) mass is 328 g/mol. The molecule has 24 heavy (non-hydrogen) atoms. The summed E-state index contributed by atoms with van der Waals surface area (Å²) >= 11 is 0. The van der Waals surface area contributed by atoms with Gasteiger partial charge in [-0.05, 0) is 39.3 Å². The Hall–Kier alpha value is -2.14. The highest BCUT2D eigenvalue weighted by Gasteiger charge is 2.27. The largest absolute Gasteiger partial charge is 0.466 e. The van der Waals surface area contributed by atoms with Crippen molar-refractivity contribution in [2.45, 2.75) is 33.2 Å². The molecular formula is C19H24N2O3. The van der Waals surface area contributed by atoms with Gasteiger partial charge in [0.15, 0.2) is 5.76 Å². The molecule has 0 N–H and O–H groups in total. The SMILES string of the molecule is CCOC(=O)[C@@H]1CCCN(Cc2cnoc2-c2cccc(C)c2)C1. The Bertz CT molecular complexity index is 695. The van der Waals surface area contributed by atoms with E-state index in [2.05, 4.69) is 29.1 Å². The number of hydrogen-bond donors (Lipinski definition) is 0. The molecule has 0 radical (unpaired) electrons. The molecule has 1 fully saturated rings. The number of aryl methyl sites for hydroxylation is 1. The first-order valence-corrected chi connectivity index (χ1v) is 8.57. The summed E-state index contributed by atoms with van der Waals surface area (Å²) in [7, 11) is 0. The van der Waals surface area contributed by atoms with Crippen LogP contribution in [0.5, 0.6) is 0 Å². The Balaban J connectivity index is 1.71. The highest BCUT2D eigenvalue weighted by molar-refractivity contribution is 5.72. The molecule has 1 atom stereocenters. The van der Waals surface area contributed by atoms with Crippen molar-refractivity contribution in [3.05, 3.63) is 41.6 Å². The molecule has 2 aromatic rings. The predicted octanol–water partition coefficient (Wildman–Crippen LogP) is 3.43. The van der Waals surface area contributed by atoms with E-state index in [1.807, 2.05) is 19.1 Å². The van der Waals surface area contributed by atoms with E-state index < -0.39 is 0 Å². The van der Waals surface area contributed by atoms with Gasteiger partial charge in [-0.1, -0.05) is 28.9 Å². The first-order valence-electron chi connectivity index (χ1n) is 8.57. The highest BCUT2D eigenvalue weighted by Crippen LogP contribution is 2.27. The minimum atomic E-state index is -0.0774. The molecule has 0 unspecified atom stereocenters. The molecular weight excluding hydrogens is 304 g/mol. The fraction of sp³-hybridized carbons (Fsp3) is 0.474. The van der Waals surface area contributed by atoms with E-state index in [9.17, 15) is 4.79 Å². The van der Waals surface area contributed by atoms with Gasteiger partial charge in [-0.15, -0.1) is 0 Å². The summed E-state index contributed by atoms with van der Waals surface area (Å²) in [6.45, 7) is 6.81. The maximum Gasteiger partial charge on any atom is 0.310 e. The van der Waals surface area contributed by atoms with E-state index in [0.29, 0.717) is 6.61 Å². The Morgan fingerprint density at radius 3 is 3.12 bits per heavy atom. The van der Waals surface area contributed by atoms with Gasteiger partial charge >= 0.3 is 5.97 Å². The molecule has 0 amide bonds. The lowest BCUT2D eigenvalue weighted by molar-refractivity contribution is -0.150. The van der Waals surface area contributed by atoms with Crippen molar-refractivity contribution in [2.24, 2.45) is 5.92 Å². The lowest BCUT2D eigenvalue weighted by atomic mass is 9.97. The second-order valence-electron chi connectivity index (χ2n) is 6.38. The van der Waals surface area contributed by atoms with Gasteiger partial charge in [0, 0.05) is 24.2 Å². The Morgan fingerprint density at radius 2 is 2.33 bits per heavy atom. The van der Waals surface area contributed by atoms with Crippen molar-refractivity contribution >= 4 is 5.97 Å². The number of hydrogen-bond acceptors (Lipinski definition) is 5. The van der Waals surface area contributed by atoms with E-state index in [1.54, 1.807) is 6.20 Å². The van der Waals surface area contributed by atoms with E-state index in [1.165, 1.54) is 5.56 Å². The van der Waals surface area contributed by atoms with E-state index in [4.69, 9.17) is 9.26 Å². The molecule has 1 aliphatic heterocycles. The van der Waals surface area contributed by atoms with Crippen LogP contribution in [0.4, 0.5) is 0 Å². The van der Waals surface area contributed by atoms with Gasteiger partial charge in [0.25, 0.3) is 0 Å². The molecule has 1 saturated heterocycles. The van der Waals surface area contributed by atoms with Crippen LogP contribution < -0.4 is 0 Å². The number of benzene rings is 1. The van der Waals surface area contributed by atoms with Crippen LogP contribution in [0.25, 0.3) is 11.3 Å². The van der Waals surface area contributed by atoms with Crippen LogP contribution in [0.15, 0.2) is 35.0 Å². The molecule has 2 heterocycles. The van der Waals surface area contributed by atoms with Crippen LogP contribution in [-0.4, -0.2) is 35.7 Å². The van der Waals surface area contributed by atoms with Gasteiger partial charge in [-0.25, -0.2) is 0 Å². The molecule has 1 aromatic carbocycles. The smallest absolute Gasteiger partial charge is 0.310 e. The molecule has 1 aromatic heterocycles. The van der Waals surface area contributed by atoms with E-state index >= 15 is 0 Å². The summed E-state index contributed by atoms with van der Waals surface area (Å²) in [4.78, 5) is 14.3. The molecule has 0 spiro atoms. The van der Waals surface area contributed by atoms with Gasteiger partial charge in [0.2, 0.25) is 0 Å². The van der Waals surface area contributed by atoms with Crippen LogP contribution in [-0.2, 0) is 16.1 Å². The van der Waals surface area contributed by atoms with Crippen molar-refractivity contribution < 1.29 is 14.1 Å². The number of piperidine rings is 1. The fourth-order valence-electron chi connectivity index (χ4n) is 3.29. The summed E-state index contributed by atoms with van der Waals surface area (Å²) in [5.74, 6) is 0.712. The summed E-state index contributed by atoms with van der Waals surface area (Å²) in [5, 5.41) is 3.98. The summed E-state index contributed by atoms with van der Waals surface area (Å²) < 4.78 is 10.7. The van der Waals surface area contributed by atoms with Gasteiger partial charge in [-0.2, -0.15) is 0 Å². The van der Waals surface area contributed by atoms with Gasteiger partial charge in [0.1, 0.15) is 0 Å². The normalized spacial score (nSPS) is 18.5. The first-order chi connectivity index (χ1) is 11.7. The van der Waals surface area contributed by atoms with Crippen LogP contribution in [0.1, 0.15) is 30.9 Å². The van der Waals surface area contributed by atoms with Crippen LogP contribution in [0, 0.1) is 12.8 Å². The molecule has 3 rings (SSSR count). The number of carbonyl (C=O) groups excluding carboxylic acids is 1. The summed E-state index contributed by atoms with van der Waals surface area (Å²) in [6, 6.07) is 8.22. The average Bonchev–Trinajstić information content (AvgIpc) is 3.03.